The maximum absolute atomic E-state index is 13.1. The largest absolute Gasteiger partial charge is 0.204 e. The maximum Gasteiger partial charge on any atom is 0.160 e. The van der Waals surface area contributed by atoms with Crippen molar-refractivity contribution >= 4 is 0 Å². The number of rotatable bonds is 4. The van der Waals surface area contributed by atoms with Crippen LogP contribution in [0.4, 0.5) is 8.78 Å². The van der Waals surface area contributed by atoms with E-state index in [1.165, 1.54) is 11.6 Å². The van der Waals surface area contributed by atoms with E-state index in [9.17, 15) is 8.78 Å². The first kappa shape index (κ1) is 15.8. The number of halogens is 2. The van der Waals surface area contributed by atoms with Gasteiger partial charge in [0.2, 0.25) is 0 Å². The zero-order chi connectivity index (χ0) is 15.8. The van der Waals surface area contributed by atoms with Crippen molar-refractivity contribution in [2.45, 2.75) is 25.7 Å². The molecule has 0 aliphatic heterocycles. The molecule has 0 N–H and O–H groups in total. The Hall–Kier alpha value is -2.58. The van der Waals surface area contributed by atoms with Gasteiger partial charge < -0.3 is 0 Å². The Labute approximate surface area is 130 Å². The van der Waals surface area contributed by atoms with Crippen LogP contribution in [0.1, 0.15) is 36.0 Å². The normalized spacial score (nSPS) is 9.68. The predicted molar refractivity (Wildman–Crippen MR) is 85.2 cm³/mol. The van der Waals surface area contributed by atoms with Gasteiger partial charge in [-0.05, 0) is 55.2 Å². The van der Waals surface area contributed by atoms with Gasteiger partial charge >= 0.3 is 0 Å². The number of unbranched alkanes of at least 4 members (excludes halogenated alkanes) is 2. The number of hydrogen-bond acceptors (Lipinski definition) is 0. The van der Waals surface area contributed by atoms with Crippen molar-refractivity contribution in [3.63, 3.8) is 0 Å². The zero-order valence-corrected chi connectivity index (χ0v) is 12.2. The molecule has 0 aliphatic carbocycles. The molecular formula is C20H16F2. The van der Waals surface area contributed by atoms with Gasteiger partial charge in [0, 0.05) is 17.5 Å². The van der Waals surface area contributed by atoms with Crippen molar-refractivity contribution in [2.75, 3.05) is 0 Å². The van der Waals surface area contributed by atoms with Crippen LogP contribution in [0.5, 0.6) is 0 Å². The lowest BCUT2D eigenvalue weighted by Gasteiger charge is -2.00. The molecule has 0 unspecified atom stereocenters. The van der Waals surface area contributed by atoms with Gasteiger partial charge in [-0.3, -0.25) is 0 Å². The van der Waals surface area contributed by atoms with Crippen LogP contribution in [-0.2, 0) is 6.42 Å². The quantitative estimate of drug-likeness (QED) is 0.566. The molecule has 0 amide bonds. The Kier molecular flexibility index (Phi) is 5.75. The molecule has 2 aromatic carbocycles. The van der Waals surface area contributed by atoms with Crippen LogP contribution < -0.4 is 0 Å². The predicted octanol–water partition coefficient (Wildman–Crippen LogP) is 4.71. The molecule has 0 radical (unpaired) electrons. The van der Waals surface area contributed by atoms with E-state index in [0.29, 0.717) is 5.56 Å². The average molecular weight is 294 g/mol. The molecule has 110 valence electrons. The molecular weight excluding hydrogens is 278 g/mol. The standard InChI is InChI=1S/C20H16F2/c1-2-3-4-5-6-16-7-9-17(10-8-16)11-12-18-13-14-19(21)20(22)15-18/h1,7-10,13-15H,3-6H2. The molecule has 0 nitrogen and oxygen atoms in total. The van der Waals surface area contributed by atoms with E-state index in [0.717, 1.165) is 43.4 Å². The summed E-state index contributed by atoms with van der Waals surface area (Å²) < 4.78 is 25.9. The lowest BCUT2D eigenvalue weighted by atomic mass is 10.1. The van der Waals surface area contributed by atoms with Gasteiger partial charge in [0.05, 0.1) is 0 Å². The van der Waals surface area contributed by atoms with Crippen LogP contribution in [0.2, 0.25) is 0 Å². The van der Waals surface area contributed by atoms with Crippen LogP contribution in [0, 0.1) is 35.8 Å². The summed E-state index contributed by atoms with van der Waals surface area (Å²) in [5, 5.41) is 0. The van der Waals surface area contributed by atoms with Gasteiger partial charge in [0.15, 0.2) is 11.6 Å². The fourth-order valence-corrected chi connectivity index (χ4v) is 2.03. The lowest BCUT2D eigenvalue weighted by molar-refractivity contribution is 0.508. The molecule has 0 bridgehead atoms. The van der Waals surface area contributed by atoms with Crippen molar-refractivity contribution in [1.82, 2.24) is 0 Å². The van der Waals surface area contributed by atoms with E-state index in [-0.39, 0.29) is 0 Å². The minimum atomic E-state index is -0.880. The molecule has 0 heterocycles. The summed E-state index contributed by atoms with van der Waals surface area (Å²) in [6.07, 6.45) is 9.14. The van der Waals surface area contributed by atoms with Gasteiger partial charge in [0.1, 0.15) is 0 Å². The molecule has 2 aromatic rings. The molecule has 0 spiro atoms. The highest BCUT2D eigenvalue weighted by atomic mass is 19.2. The Bertz CT molecular complexity index is 725. The smallest absolute Gasteiger partial charge is 0.160 e. The number of hydrogen-bond donors (Lipinski definition) is 0. The molecule has 2 heteroatoms. The van der Waals surface area contributed by atoms with E-state index in [1.807, 2.05) is 24.3 Å². The Morgan fingerprint density at radius 3 is 2.18 bits per heavy atom. The second-order valence-corrected chi connectivity index (χ2v) is 4.99. The minimum absolute atomic E-state index is 0.456. The molecule has 0 saturated heterocycles. The summed E-state index contributed by atoms with van der Waals surface area (Å²) in [6, 6.07) is 11.6. The average Bonchev–Trinajstić information content (AvgIpc) is 2.54. The third-order valence-corrected chi connectivity index (χ3v) is 3.26. The van der Waals surface area contributed by atoms with E-state index in [4.69, 9.17) is 6.42 Å². The lowest BCUT2D eigenvalue weighted by Crippen LogP contribution is -1.86. The third kappa shape index (κ3) is 4.76. The first-order valence-electron chi connectivity index (χ1n) is 7.18. The van der Waals surface area contributed by atoms with Crippen molar-refractivity contribution < 1.29 is 8.78 Å². The van der Waals surface area contributed by atoms with E-state index in [1.54, 1.807) is 0 Å². The molecule has 0 fully saturated rings. The van der Waals surface area contributed by atoms with E-state index >= 15 is 0 Å². The van der Waals surface area contributed by atoms with Crippen LogP contribution in [0.3, 0.4) is 0 Å². The van der Waals surface area contributed by atoms with Gasteiger partial charge in [-0.15, -0.1) is 12.3 Å². The summed E-state index contributed by atoms with van der Waals surface area (Å²) in [6.45, 7) is 0. The van der Waals surface area contributed by atoms with Crippen molar-refractivity contribution in [3.8, 4) is 24.2 Å². The molecule has 2 rings (SSSR count). The van der Waals surface area contributed by atoms with Crippen molar-refractivity contribution in [3.05, 3.63) is 70.8 Å². The summed E-state index contributed by atoms with van der Waals surface area (Å²) in [7, 11) is 0. The first-order valence-corrected chi connectivity index (χ1v) is 7.18. The van der Waals surface area contributed by atoms with Crippen LogP contribution in [-0.4, -0.2) is 0 Å². The highest BCUT2D eigenvalue weighted by molar-refractivity contribution is 5.43. The van der Waals surface area contributed by atoms with E-state index < -0.39 is 11.6 Å². The van der Waals surface area contributed by atoms with Crippen molar-refractivity contribution in [1.29, 1.82) is 0 Å². The molecule has 0 aliphatic rings. The van der Waals surface area contributed by atoms with Gasteiger partial charge in [-0.25, -0.2) is 8.78 Å². The summed E-state index contributed by atoms with van der Waals surface area (Å²) >= 11 is 0. The maximum atomic E-state index is 13.1. The number of aryl methyl sites for hydroxylation is 1. The van der Waals surface area contributed by atoms with Crippen molar-refractivity contribution in [2.24, 2.45) is 0 Å². The Morgan fingerprint density at radius 2 is 1.50 bits per heavy atom. The van der Waals surface area contributed by atoms with Gasteiger partial charge in [-0.1, -0.05) is 24.0 Å². The molecule has 0 saturated carbocycles. The molecule has 0 atom stereocenters. The first-order chi connectivity index (χ1) is 10.7. The highest BCUT2D eigenvalue weighted by Crippen LogP contribution is 2.10. The number of benzene rings is 2. The second-order valence-electron chi connectivity index (χ2n) is 4.99. The van der Waals surface area contributed by atoms with Crippen LogP contribution in [0.15, 0.2) is 42.5 Å². The third-order valence-electron chi connectivity index (χ3n) is 3.26. The summed E-state index contributed by atoms with van der Waals surface area (Å²) in [5.74, 6) is 6.67. The monoisotopic (exact) mass is 294 g/mol. The van der Waals surface area contributed by atoms with Crippen LogP contribution in [0.25, 0.3) is 0 Å². The summed E-state index contributed by atoms with van der Waals surface area (Å²) in [5.41, 5.74) is 2.55. The fraction of sp³-hybridized carbons (Fsp3) is 0.200. The molecule has 22 heavy (non-hydrogen) atoms. The Balaban J connectivity index is 1.98. The topological polar surface area (TPSA) is 0 Å². The highest BCUT2D eigenvalue weighted by Gasteiger charge is 2.00. The fourth-order valence-electron chi connectivity index (χ4n) is 2.03. The van der Waals surface area contributed by atoms with Gasteiger partial charge in [-0.2, -0.15) is 0 Å². The zero-order valence-electron chi connectivity index (χ0n) is 12.2. The minimum Gasteiger partial charge on any atom is -0.204 e. The number of terminal acetylenes is 1. The SMILES string of the molecule is C#CCCCCc1ccc(C#Cc2ccc(F)c(F)c2)cc1. The Morgan fingerprint density at radius 1 is 0.818 bits per heavy atom. The molecule has 0 aromatic heterocycles. The van der Waals surface area contributed by atoms with E-state index in [2.05, 4.69) is 17.8 Å². The van der Waals surface area contributed by atoms with Crippen LogP contribution >= 0.6 is 0 Å². The summed E-state index contributed by atoms with van der Waals surface area (Å²) in [4.78, 5) is 0. The van der Waals surface area contributed by atoms with Gasteiger partial charge in [0.25, 0.3) is 0 Å². The second kappa shape index (κ2) is 8.01.